The standard InChI is InChI=1S/C20H28N6O3.HI/c1-21-19(23-15-7-8-16-17(14-15)29-13-5-12-28-16)22-9-4-11-26-20(27)25-10-3-2-6-18(25)24-26;/h7-8,14H,2-6,9-13H2,1H3,(H2,21,22,23);1H. The summed E-state index contributed by atoms with van der Waals surface area (Å²) in [6, 6.07) is 5.77. The Balaban J connectivity index is 0.00000256. The van der Waals surface area contributed by atoms with Crippen LogP contribution >= 0.6 is 24.0 Å². The second kappa shape index (κ2) is 10.7. The largest absolute Gasteiger partial charge is 0.490 e. The second-order valence-corrected chi connectivity index (χ2v) is 7.22. The van der Waals surface area contributed by atoms with Crippen LogP contribution in [0.2, 0.25) is 0 Å². The molecule has 0 saturated carbocycles. The number of ether oxygens (including phenoxy) is 2. The third-order valence-corrected chi connectivity index (χ3v) is 5.10. The normalized spacial score (nSPS) is 15.6. The number of nitrogens with zero attached hydrogens (tertiary/aromatic N) is 4. The summed E-state index contributed by atoms with van der Waals surface area (Å²) >= 11 is 0. The molecule has 0 fully saturated rings. The molecule has 30 heavy (non-hydrogen) atoms. The molecule has 164 valence electrons. The summed E-state index contributed by atoms with van der Waals surface area (Å²) in [7, 11) is 1.73. The van der Waals surface area contributed by atoms with Crippen LogP contribution in [0.1, 0.15) is 31.5 Å². The number of fused-ring (bicyclic) bond motifs is 2. The van der Waals surface area contributed by atoms with Crippen molar-refractivity contribution in [1.82, 2.24) is 19.7 Å². The van der Waals surface area contributed by atoms with Gasteiger partial charge in [0.2, 0.25) is 0 Å². The van der Waals surface area contributed by atoms with Crippen LogP contribution in [0.25, 0.3) is 0 Å². The molecule has 2 aliphatic heterocycles. The first-order chi connectivity index (χ1) is 14.2. The fourth-order valence-corrected chi connectivity index (χ4v) is 3.59. The Labute approximate surface area is 192 Å². The van der Waals surface area contributed by atoms with Crippen molar-refractivity contribution in [3.05, 3.63) is 34.5 Å². The minimum atomic E-state index is 0. The van der Waals surface area contributed by atoms with Crippen molar-refractivity contribution < 1.29 is 9.47 Å². The first-order valence-electron chi connectivity index (χ1n) is 10.3. The molecule has 1 aromatic carbocycles. The summed E-state index contributed by atoms with van der Waals surface area (Å²) < 4.78 is 14.8. The first-order valence-corrected chi connectivity index (χ1v) is 10.3. The number of aromatic nitrogens is 3. The van der Waals surface area contributed by atoms with E-state index in [1.807, 2.05) is 22.8 Å². The number of aryl methyl sites for hydroxylation is 2. The molecule has 0 spiro atoms. The van der Waals surface area contributed by atoms with E-state index in [2.05, 4.69) is 20.7 Å². The van der Waals surface area contributed by atoms with E-state index in [0.29, 0.717) is 32.3 Å². The number of benzene rings is 1. The maximum atomic E-state index is 12.4. The van der Waals surface area contributed by atoms with Crippen LogP contribution in [0.15, 0.2) is 28.0 Å². The van der Waals surface area contributed by atoms with E-state index >= 15 is 0 Å². The molecule has 1 aromatic heterocycles. The lowest BCUT2D eigenvalue weighted by atomic mass is 10.2. The highest BCUT2D eigenvalue weighted by Gasteiger charge is 2.16. The number of aliphatic imine (C=N–C) groups is 1. The highest BCUT2D eigenvalue weighted by molar-refractivity contribution is 14.0. The fraction of sp³-hybridized carbons (Fsp3) is 0.550. The van der Waals surface area contributed by atoms with Crippen molar-refractivity contribution in [3.8, 4) is 11.5 Å². The van der Waals surface area contributed by atoms with Crippen molar-refractivity contribution in [2.75, 3.05) is 32.1 Å². The van der Waals surface area contributed by atoms with Gasteiger partial charge < -0.3 is 20.1 Å². The fourth-order valence-electron chi connectivity index (χ4n) is 3.59. The lowest BCUT2D eigenvalue weighted by Crippen LogP contribution is -2.33. The Morgan fingerprint density at radius 2 is 2.03 bits per heavy atom. The number of hydrogen-bond donors (Lipinski definition) is 2. The van der Waals surface area contributed by atoms with Crippen molar-refractivity contribution in [2.45, 2.75) is 45.2 Å². The van der Waals surface area contributed by atoms with E-state index in [4.69, 9.17) is 9.47 Å². The molecular formula is C20H29IN6O3. The molecule has 2 aromatic rings. The van der Waals surface area contributed by atoms with Crippen LogP contribution in [0.3, 0.4) is 0 Å². The monoisotopic (exact) mass is 528 g/mol. The van der Waals surface area contributed by atoms with Crippen molar-refractivity contribution >= 4 is 35.6 Å². The third kappa shape index (κ3) is 5.27. The van der Waals surface area contributed by atoms with Crippen molar-refractivity contribution in [2.24, 2.45) is 4.99 Å². The van der Waals surface area contributed by atoms with E-state index in [-0.39, 0.29) is 29.7 Å². The summed E-state index contributed by atoms with van der Waals surface area (Å²) in [4.78, 5) is 16.6. The predicted molar refractivity (Wildman–Crippen MR) is 126 cm³/mol. The second-order valence-electron chi connectivity index (χ2n) is 7.22. The maximum absolute atomic E-state index is 12.4. The van der Waals surface area contributed by atoms with E-state index in [9.17, 15) is 4.79 Å². The number of rotatable bonds is 5. The zero-order chi connectivity index (χ0) is 20.1. The number of guanidine groups is 1. The van der Waals surface area contributed by atoms with Crippen LogP contribution in [0.5, 0.6) is 11.5 Å². The summed E-state index contributed by atoms with van der Waals surface area (Å²) in [5.41, 5.74) is 0.884. The lowest BCUT2D eigenvalue weighted by Gasteiger charge is -2.14. The Morgan fingerprint density at radius 3 is 2.83 bits per heavy atom. The smallest absolute Gasteiger partial charge is 0.345 e. The van der Waals surface area contributed by atoms with E-state index in [1.54, 1.807) is 11.7 Å². The average molecular weight is 528 g/mol. The average Bonchev–Trinajstić information content (AvgIpc) is 2.91. The molecular weight excluding hydrogens is 499 g/mol. The van der Waals surface area contributed by atoms with Gasteiger partial charge in [0, 0.05) is 51.3 Å². The molecule has 0 amide bonds. The van der Waals surface area contributed by atoms with Gasteiger partial charge in [-0.05, 0) is 31.4 Å². The molecule has 10 heteroatoms. The Kier molecular flexibility index (Phi) is 8.00. The first kappa shape index (κ1) is 22.4. The van der Waals surface area contributed by atoms with Crippen LogP contribution < -0.4 is 25.8 Å². The zero-order valence-corrected chi connectivity index (χ0v) is 19.6. The van der Waals surface area contributed by atoms with E-state index < -0.39 is 0 Å². The van der Waals surface area contributed by atoms with Crippen LogP contribution in [0.4, 0.5) is 5.69 Å². The van der Waals surface area contributed by atoms with Gasteiger partial charge in [0.1, 0.15) is 5.82 Å². The molecule has 0 unspecified atom stereocenters. The van der Waals surface area contributed by atoms with Gasteiger partial charge in [-0.1, -0.05) is 0 Å². The van der Waals surface area contributed by atoms with Crippen LogP contribution in [0, 0.1) is 0 Å². The quantitative estimate of drug-likeness (QED) is 0.268. The Bertz CT molecular complexity index is 939. The van der Waals surface area contributed by atoms with Gasteiger partial charge >= 0.3 is 5.69 Å². The number of anilines is 1. The van der Waals surface area contributed by atoms with Crippen LogP contribution in [-0.2, 0) is 19.5 Å². The highest BCUT2D eigenvalue weighted by atomic mass is 127. The zero-order valence-electron chi connectivity index (χ0n) is 17.2. The molecule has 2 N–H and O–H groups in total. The number of halogens is 1. The predicted octanol–water partition coefficient (Wildman–Crippen LogP) is 2.24. The maximum Gasteiger partial charge on any atom is 0.345 e. The summed E-state index contributed by atoms with van der Waals surface area (Å²) in [6.45, 7) is 3.39. The molecule has 0 atom stereocenters. The minimum absolute atomic E-state index is 0. The molecule has 3 heterocycles. The SMILES string of the molecule is CN=C(NCCCn1nc2n(c1=O)CCCC2)Nc1ccc2c(c1)OCCCO2.I. The molecule has 4 rings (SSSR count). The van der Waals surface area contributed by atoms with Gasteiger partial charge in [0.15, 0.2) is 17.5 Å². The number of nitrogens with one attached hydrogen (secondary N) is 2. The van der Waals surface area contributed by atoms with Crippen LogP contribution in [-0.4, -0.2) is 47.1 Å². The van der Waals surface area contributed by atoms with Crippen molar-refractivity contribution in [3.63, 3.8) is 0 Å². The lowest BCUT2D eigenvalue weighted by molar-refractivity contribution is 0.297. The molecule has 9 nitrogen and oxygen atoms in total. The minimum Gasteiger partial charge on any atom is -0.490 e. The van der Waals surface area contributed by atoms with Gasteiger partial charge in [-0.25, -0.2) is 9.48 Å². The molecule has 0 radical (unpaired) electrons. The van der Waals surface area contributed by atoms with Gasteiger partial charge in [-0.2, -0.15) is 5.10 Å². The van der Waals surface area contributed by atoms with Crippen molar-refractivity contribution in [1.29, 1.82) is 0 Å². The van der Waals surface area contributed by atoms with E-state index in [1.165, 1.54) is 0 Å². The van der Waals surface area contributed by atoms with Gasteiger partial charge in [0.05, 0.1) is 13.2 Å². The molecule has 0 saturated heterocycles. The van der Waals surface area contributed by atoms with Gasteiger partial charge in [0.25, 0.3) is 0 Å². The Morgan fingerprint density at radius 1 is 1.20 bits per heavy atom. The molecule has 2 aliphatic rings. The molecule has 0 aliphatic carbocycles. The third-order valence-electron chi connectivity index (χ3n) is 5.10. The van der Waals surface area contributed by atoms with Gasteiger partial charge in [-0.3, -0.25) is 9.56 Å². The van der Waals surface area contributed by atoms with Gasteiger partial charge in [-0.15, -0.1) is 24.0 Å². The summed E-state index contributed by atoms with van der Waals surface area (Å²) in [6.07, 6.45) is 4.72. The summed E-state index contributed by atoms with van der Waals surface area (Å²) in [5.74, 6) is 3.09. The highest BCUT2D eigenvalue weighted by Crippen LogP contribution is 2.32. The topological polar surface area (TPSA) is 94.7 Å². The molecule has 0 bridgehead atoms. The Hall–Kier alpha value is -2.24. The number of hydrogen-bond acceptors (Lipinski definition) is 5. The van der Waals surface area contributed by atoms with E-state index in [0.717, 1.165) is 61.7 Å². The summed E-state index contributed by atoms with van der Waals surface area (Å²) in [5, 5.41) is 11.0.